The van der Waals surface area contributed by atoms with Crippen LogP contribution in [0.1, 0.15) is 13.8 Å². The zero-order valence-corrected chi connectivity index (χ0v) is 9.88. The summed E-state index contributed by atoms with van der Waals surface area (Å²) in [6, 6.07) is 9.17. The predicted octanol–water partition coefficient (Wildman–Crippen LogP) is 1.76. The van der Waals surface area contributed by atoms with Crippen molar-refractivity contribution in [1.82, 2.24) is 0 Å². The quantitative estimate of drug-likeness (QED) is 0.846. The summed E-state index contributed by atoms with van der Waals surface area (Å²) in [5.74, 6) is -1.70. The van der Waals surface area contributed by atoms with Gasteiger partial charge in [-0.3, -0.25) is 9.59 Å². The van der Waals surface area contributed by atoms with Crippen LogP contribution in [0.3, 0.4) is 0 Å². The summed E-state index contributed by atoms with van der Waals surface area (Å²) >= 11 is 0. The third kappa shape index (κ3) is 1.79. The van der Waals surface area contributed by atoms with Crippen molar-refractivity contribution < 1.29 is 14.7 Å². The monoisotopic (exact) mass is 233 g/mol. The number of nitrogens with zero attached hydrogens (tertiary/aromatic N) is 1. The minimum absolute atomic E-state index is 0.129. The van der Waals surface area contributed by atoms with Crippen molar-refractivity contribution in [3.8, 4) is 0 Å². The molecule has 1 unspecified atom stereocenters. The number of carboxylic acids is 1. The molecule has 0 bridgehead atoms. The summed E-state index contributed by atoms with van der Waals surface area (Å²) in [4.78, 5) is 24.9. The van der Waals surface area contributed by atoms with Crippen LogP contribution in [0.5, 0.6) is 0 Å². The molecule has 1 aromatic rings. The minimum atomic E-state index is -0.915. The van der Waals surface area contributed by atoms with Gasteiger partial charge >= 0.3 is 5.97 Å². The van der Waals surface area contributed by atoms with E-state index in [1.54, 1.807) is 18.7 Å². The van der Waals surface area contributed by atoms with E-state index in [0.29, 0.717) is 0 Å². The third-order valence-corrected chi connectivity index (χ3v) is 3.40. The molecule has 0 saturated carbocycles. The SMILES string of the molecule is CC1(C)C(=O)N(c2ccccc2)CC1C(=O)O. The van der Waals surface area contributed by atoms with Gasteiger partial charge in [-0.2, -0.15) is 0 Å². The molecule has 1 heterocycles. The largest absolute Gasteiger partial charge is 0.481 e. The van der Waals surface area contributed by atoms with E-state index in [2.05, 4.69) is 0 Å². The van der Waals surface area contributed by atoms with Crippen molar-refractivity contribution in [1.29, 1.82) is 0 Å². The standard InChI is InChI=1S/C13H15NO3/c1-13(2)10(11(15)16)8-14(12(13)17)9-6-4-3-5-7-9/h3-7,10H,8H2,1-2H3,(H,15,16). The molecule has 4 nitrogen and oxygen atoms in total. The number of hydrogen-bond acceptors (Lipinski definition) is 2. The van der Waals surface area contributed by atoms with Gasteiger partial charge in [0.25, 0.3) is 0 Å². The van der Waals surface area contributed by atoms with Gasteiger partial charge in [-0.25, -0.2) is 0 Å². The van der Waals surface area contributed by atoms with E-state index in [1.165, 1.54) is 0 Å². The fourth-order valence-electron chi connectivity index (χ4n) is 2.21. The molecule has 90 valence electrons. The fourth-order valence-corrected chi connectivity index (χ4v) is 2.21. The Labute approximate surface area is 99.9 Å². The zero-order valence-electron chi connectivity index (χ0n) is 9.88. The maximum atomic E-state index is 12.2. The van der Waals surface area contributed by atoms with Crippen LogP contribution in [-0.2, 0) is 9.59 Å². The molecule has 0 aromatic heterocycles. The number of rotatable bonds is 2. The first-order valence-corrected chi connectivity index (χ1v) is 5.54. The Morgan fingerprint density at radius 1 is 1.35 bits per heavy atom. The van der Waals surface area contributed by atoms with Crippen LogP contribution in [0.15, 0.2) is 30.3 Å². The number of amides is 1. The number of aliphatic carboxylic acids is 1. The molecule has 0 spiro atoms. The van der Waals surface area contributed by atoms with Crippen LogP contribution in [0.25, 0.3) is 0 Å². The van der Waals surface area contributed by atoms with Gasteiger partial charge in [0.1, 0.15) is 0 Å². The van der Waals surface area contributed by atoms with E-state index in [9.17, 15) is 9.59 Å². The van der Waals surface area contributed by atoms with Crippen LogP contribution in [0.2, 0.25) is 0 Å². The Hall–Kier alpha value is -1.84. The second kappa shape index (κ2) is 3.87. The van der Waals surface area contributed by atoms with Crippen LogP contribution in [0.4, 0.5) is 5.69 Å². The third-order valence-electron chi connectivity index (χ3n) is 3.40. The highest BCUT2D eigenvalue weighted by molar-refractivity contribution is 6.03. The molecule has 0 radical (unpaired) electrons. The minimum Gasteiger partial charge on any atom is -0.481 e. The number of benzene rings is 1. The summed E-state index contributed by atoms with van der Waals surface area (Å²) in [6.07, 6.45) is 0. The van der Waals surface area contributed by atoms with Crippen molar-refractivity contribution in [3.63, 3.8) is 0 Å². The highest BCUT2D eigenvalue weighted by Gasteiger charge is 2.51. The van der Waals surface area contributed by atoms with E-state index in [1.807, 2.05) is 30.3 Å². The van der Waals surface area contributed by atoms with Gasteiger partial charge in [-0.1, -0.05) is 32.0 Å². The lowest BCUT2D eigenvalue weighted by atomic mass is 9.81. The maximum absolute atomic E-state index is 12.2. The molecular formula is C13H15NO3. The molecule has 1 saturated heterocycles. The number of hydrogen-bond donors (Lipinski definition) is 1. The summed E-state index contributed by atoms with van der Waals surface area (Å²) in [7, 11) is 0. The van der Waals surface area contributed by atoms with Gasteiger partial charge in [0.2, 0.25) is 5.91 Å². The number of para-hydroxylation sites is 1. The predicted molar refractivity (Wildman–Crippen MR) is 63.7 cm³/mol. The first-order valence-electron chi connectivity index (χ1n) is 5.54. The van der Waals surface area contributed by atoms with E-state index in [4.69, 9.17) is 5.11 Å². The molecule has 1 amide bonds. The molecule has 17 heavy (non-hydrogen) atoms. The van der Waals surface area contributed by atoms with E-state index >= 15 is 0 Å². The number of carbonyl (C=O) groups excluding carboxylic acids is 1. The first kappa shape index (κ1) is 11.6. The molecule has 1 atom stereocenters. The van der Waals surface area contributed by atoms with Crippen molar-refractivity contribution in [2.24, 2.45) is 11.3 Å². The van der Waals surface area contributed by atoms with E-state index < -0.39 is 17.3 Å². The number of carboxylic acid groups (broad SMARTS) is 1. The molecule has 1 aliphatic heterocycles. The van der Waals surface area contributed by atoms with Crippen LogP contribution in [0, 0.1) is 11.3 Å². The average molecular weight is 233 g/mol. The first-order chi connectivity index (χ1) is 7.94. The molecule has 1 N–H and O–H groups in total. The maximum Gasteiger partial charge on any atom is 0.309 e. The van der Waals surface area contributed by atoms with Crippen molar-refractivity contribution >= 4 is 17.6 Å². The van der Waals surface area contributed by atoms with Gasteiger partial charge < -0.3 is 10.0 Å². The van der Waals surface area contributed by atoms with Gasteiger partial charge in [0, 0.05) is 12.2 Å². The topological polar surface area (TPSA) is 57.6 Å². The molecule has 0 aliphatic carbocycles. The normalized spacial score (nSPS) is 22.8. The Morgan fingerprint density at radius 2 is 1.94 bits per heavy atom. The lowest BCUT2D eigenvalue weighted by Gasteiger charge is -2.20. The smallest absolute Gasteiger partial charge is 0.309 e. The van der Waals surface area contributed by atoms with Gasteiger partial charge in [-0.05, 0) is 12.1 Å². The Kier molecular flexibility index (Phi) is 2.65. The molecule has 4 heteroatoms. The molecular weight excluding hydrogens is 218 g/mol. The Morgan fingerprint density at radius 3 is 2.41 bits per heavy atom. The molecule has 1 aromatic carbocycles. The van der Waals surface area contributed by atoms with Crippen LogP contribution < -0.4 is 4.90 Å². The lowest BCUT2D eigenvalue weighted by molar-refractivity contribution is -0.146. The van der Waals surface area contributed by atoms with Gasteiger partial charge in [0.05, 0.1) is 11.3 Å². The highest BCUT2D eigenvalue weighted by atomic mass is 16.4. The highest BCUT2D eigenvalue weighted by Crippen LogP contribution is 2.38. The Balaban J connectivity index is 2.35. The average Bonchev–Trinajstić information content (AvgIpc) is 2.52. The van der Waals surface area contributed by atoms with Gasteiger partial charge in [-0.15, -0.1) is 0 Å². The van der Waals surface area contributed by atoms with Crippen LogP contribution in [-0.4, -0.2) is 23.5 Å². The summed E-state index contributed by atoms with van der Waals surface area (Å²) in [5, 5.41) is 9.15. The summed E-state index contributed by atoms with van der Waals surface area (Å²) in [5.41, 5.74) is -0.0869. The van der Waals surface area contributed by atoms with Crippen LogP contribution >= 0.6 is 0 Å². The van der Waals surface area contributed by atoms with E-state index in [0.717, 1.165) is 5.69 Å². The zero-order chi connectivity index (χ0) is 12.6. The summed E-state index contributed by atoms with van der Waals surface area (Å²) in [6.45, 7) is 3.62. The molecule has 2 rings (SSSR count). The van der Waals surface area contributed by atoms with E-state index in [-0.39, 0.29) is 12.5 Å². The second-order valence-electron chi connectivity index (χ2n) is 4.86. The second-order valence-corrected chi connectivity index (χ2v) is 4.86. The number of anilines is 1. The van der Waals surface area contributed by atoms with Crippen molar-refractivity contribution in [2.45, 2.75) is 13.8 Å². The molecule has 1 fully saturated rings. The lowest BCUT2D eigenvalue weighted by Crippen LogP contribution is -2.33. The number of carbonyl (C=O) groups is 2. The van der Waals surface area contributed by atoms with Crippen molar-refractivity contribution in [2.75, 3.05) is 11.4 Å². The Bertz CT molecular complexity index is 453. The van der Waals surface area contributed by atoms with Crippen molar-refractivity contribution in [3.05, 3.63) is 30.3 Å². The van der Waals surface area contributed by atoms with Gasteiger partial charge in [0.15, 0.2) is 0 Å². The molecule has 1 aliphatic rings. The summed E-state index contributed by atoms with van der Waals surface area (Å²) < 4.78 is 0. The fraction of sp³-hybridized carbons (Fsp3) is 0.385.